The van der Waals surface area contributed by atoms with E-state index >= 15 is 0 Å². The number of amides is 1. The van der Waals surface area contributed by atoms with Gasteiger partial charge in [-0.25, -0.2) is 9.97 Å². The minimum atomic E-state index is -0.189. The molecule has 10 heteroatoms. The minimum absolute atomic E-state index is 0.0449. The number of carbonyl (C=O) groups is 1. The van der Waals surface area contributed by atoms with E-state index in [0.717, 1.165) is 38.0 Å². The van der Waals surface area contributed by atoms with Gasteiger partial charge >= 0.3 is 0 Å². The lowest BCUT2D eigenvalue weighted by molar-refractivity contribution is 0.0254. The van der Waals surface area contributed by atoms with Gasteiger partial charge in [0.05, 0.1) is 37.1 Å². The second kappa shape index (κ2) is 14.3. The summed E-state index contributed by atoms with van der Waals surface area (Å²) in [6.07, 6.45) is 3.31. The normalized spacial score (nSPS) is 13.5. The lowest BCUT2D eigenvalue weighted by Gasteiger charge is -2.23. The molecule has 0 radical (unpaired) electrons. The minimum Gasteiger partial charge on any atom is -0.496 e. The van der Waals surface area contributed by atoms with Crippen LogP contribution < -0.4 is 20.1 Å². The lowest BCUT2D eigenvalue weighted by atomic mass is 10.1. The van der Waals surface area contributed by atoms with Gasteiger partial charge < -0.3 is 29.7 Å². The van der Waals surface area contributed by atoms with E-state index in [9.17, 15) is 10.1 Å². The van der Waals surface area contributed by atoms with Gasteiger partial charge in [-0.05, 0) is 49.5 Å². The highest BCUT2D eigenvalue weighted by atomic mass is 16.5. The van der Waals surface area contributed by atoms with Gasteiger partial charge in [-0.3, -0.25) is 4.79 Å². The third-order valence-electron chi connectivity index (χ3n) is 6.82. The molecule has 1 amide bonds. The predicted molar refractivity (Wildman–Crippen MR) is 153 cm³/mol. The Morgan fingerprint density at radius 3 is 2.65 bits per heavy atom. The highest BCUT2D eigenvalue weighted by Gasteiger charge is 2.18. The molecule has 1 aliphatic rings. The molecule has 0 atom stereocenters. The summed E-state index contributed by atoms with van der Waals surface area (Å²) in [4.78, 5) is 24.0. The van der Waals surface area contributed by atoms with Gasteiger partial charge in [0.15, 0.2) is 0 Å². The highest BCUT2D eigenvalue weighted by molar-refractivity contribution is 5.97. The average Bonchev–Trinajstić information content (AvgIpc) is 3.00. The molecule has 1 aromatic heterocycles. The Labute approximate surface area is 235 Å². The third kappa shape index (κ3) is 7.46. The first-order valence-corrected chi connectivity index (χ1v) is 13.6. The molecule has 1 aliphatic heterocycles. The fourth-order valence-electron chi connectivity index (χ4n) is 4.48. The number of hydrogen-bond donors (Lipinski definition) is 2. The number of nitrogens with zero attached hydrogens (tertiary/aromatic N) is 4. The summed E-state index contributed by atoms with van der Waals surface area (Å²) < 4.78 is 17.0. The Bertz CT molecular complexity index is 1330. The van der Waals surface area contributed by atoms with E-state index in [1.54, 1.807) is 36.5 Å². The Kier molecular flexibility index (Phi) is 10.3. The van der Waals surface area contributed by atoms with Gasteiger partial charge in [-0.2, -0.15) is 5.26 Å². The first-order chi connectivity index (χ1) is 19.5. The van der Waals surface area contributed by atoms with Crippen LogP contribution in [0.1, 0.15) is 42.6 Å². The Morgan fingerprint density at radius 2 is 1.93 bits per heavy atom. The first kappa shape index (κ1) is 28.8. The summed E-state index contributed by atoms with van der Waals surface area (Å²) in [6.45, 7) is 8.76. The number of nitriles is 1. The van der Waals surface area contributed by atoms with Gasteiger partial charge in [0.2, 0.25) is 5.95 Å². The molecule has 10 nitrogen and oxygen atoms in total. The highest BCUT2D eigenvalue weighted by Crippen LogP contribution is 2.29. The number of anilines is 2. The van der Waals surface area contributed by atoms with Crippen LogP contribution in [0.4, 0.5) is 11.6 Å². The van der Waals surface area contributed by atoms with Crippen LogP contribution >= 0.6 is 0 Å². The molecular weight excluding hydrogens is 508 g/mol. The summed E-state index contributed by atoms with van der Waals surface area (Å²) in [5.41, 5.74) is 3.01. The molecule has 1 saturated heterocycles. The summed E-state index contributed by atoms with van der Waals surface area (Å²) in [7, 11) is 1.53. The number of rotatable bonds is 12. The quantitative estimate of drug-likeness (QED) is 0.342. The van der Waals surface area contributed by atoms with Crippen molar-refractivity contribution in [2.45, 2.75) is 32.8 Å². The Balaban J connectivity index is 1.45. The van der Waals surface area contributed by atoms with Crippen molar-refractivity contribution in [3.63, 3.8) is 0 Å². The average molecular weight is 545 g/mol. The van der Waals surface area contributed by atoms with Crippen molar-refractivity contribution in [1.29, 1.82) is 5.26 Å². The summed E-state index contributed by atoms with van der Waals surface area (Å²) in [6, 6.07) is 14.7. The van der Waals surface area contributed by atoms with Gasteiger partial charge in [-0.1, -0.05) is 13.8 Å². The smallest absolute Gasteiger partial charge is 0.255 e. The summed E-state index contributed by atoms with van der Waals surface area (Å²) in [5, 5.41) is 15.9. The van der Waals surface area contributed by atoms with Crippen molar-refractivity contribution < 1.29 is 19.0 Å². The molecule has 2 N–H and O–H groups in total. The fraction of sp³-hybridized carbons (Fsp3) is 0.400. The topological polar surface area (TPSA) is 122 Å². The number of hydrogen-bond acceptors (Lipinski definition) is 9. The van der Waals surface area contributed by atoms with Crippen LogP contribution in [0.25, 0.3) is 11.3 Å². The molecule has 2 aromatic carbocycles. The van der Waals surface area contributed by atoms with Crippen LogP contribution in [-0.2, 0) is 4.74 Å². The van der Waals surface area contributed by atoms with E-state index in [1.807, 2.05) is 12.1 Å². The van der Waals surface area contributed by atoms with E-state index < -0.39 is 0 Å². The molecule has 0 bridgehead atoms. The maximum Gasteiger partial charge on any atom is 0.255 e. The standard InChI is InChI=1S/C30H36N6O4/c1-4-36(5-2)15-14-32-29(37)25-8-7-23(19-28(25)38-3)34-30-33-13-10-26(35-30)21-6-9-27(22(18-21)20-31)40-24-11-16-39-17-12-24/h6-10,13,18-19,24H,4-5,11-12,14-17H2,1-3H3,(H,32,37)(H,33,34,35). The molecular formula is C30H36N6O4. The van der Waals surface area contributed by atoms with Crippen LogP contribution in [0.3, 0.4) is 0 Å². The number of likely N-dealkylation sites (N-methyl/N-ethyl adjacent to an activating group) is 1. The first-order valence-electron chi connectivity index (χ1n) is 13.6. The van der Waals surface area contributed by atoms with E-state index in [4.69, 9.17) is 14.2 Å². The van der Waals surface area contributed by atoms with Gasteiger partial charge in [-0.15, -0.1) is 0 Å². The number of methoxy groups -OCH3 is 1. The van der Waals surface area contributed by atoms with E-state index in [1.165, 1.54) is 7.11 Å². The fourth-order valence-corrected chi connectivity index (χ4v) is 4.48. The van der Waals surface area contributed by atoms with Crippen LogP contribution in [0, 0.1) is 11.3 Å². The number of aromatic nitrogens is 2. The number of ether oxygens (including phenoxy) is 3. The molecule has 0 saturated carbocycles. The maximum absolute atomic E-state index is 12.7. The monoisotopic (exact) mass is 544 g/mol. The SMILES string of the molecule is CCN(CC)CCNC(=O)c1ccc(Nc2nccc(-c3ccc(OC4CCOCC4)c(C#N)c3)n2)cc1OC. The molecule has 1 fully saturated rings. The molecule has 2 heterocycles. The van der Waals surface area contributed by atoms with Crippen LogP contribution in [-0.4, -0.2) is 73.4 Å². The zero-order valence-corrected chi connectivity index (χ0v) is 23.3. The summed E-state index contributed by atoms with van der Waals surface area (Å²) in [5.74, 6) is 1.19. The van der Waals surface area contributed by atoms with Crippen molar-refractivity contribution in [2.24, 2.45) is 0 Å². The van der Waals surface area contributed by atoms with Crippen LogP contribution in [0.15, 0.2) is 48.7 Å². The zero-order chi connectivity index (χ0) is 28.3. The van der Waals surface area contributed by atoms with Gasteiger partial charge in [0.1, 0.15) is 23.7 Å². The van der Waals surface area contributed by atoms with Crippen LogP contribution in [0.2, 0.25) is 0 Å². The molecule has 0 unspecified atom stereocenters. The second-order valence-electron chi connectivity index (χ2n) is 9.34. The third-order valence-corrected chi connectivity index (χ3v) is 6.82. The number of carbonyl (C=O) groups excluding carboxylic acids is 1. The van der Waals surface area contributed by atoms with Crippen molar-refractivity contribution in [3.8, 4) is 28.8 Å². The Morgan fingerprint density at radius 1 is 1.12 bits per heavy atom. The Hall–Kier alpha value is -4.20. The van der Waals surface area contributed by atoms with Crippen molar-refractivity contribution in [3.05, 3.63) is 59.8 Å². The second-order valence-corrected chi connectivity index (χ2v) is 9.34. The van der Waals surface area contributed by atoms with Gasteiger partial charge in [0.25, 0.3) is 5.91 Å². The molecule has 210 valence electrons. The molecule has 40 heavy (non-hydrogen) atoms. The number of nitrogens with one attached hydrogen (secondary N) is 2. The molecule has 4 rings (SSSR count). The largest absolute Gasteiger partial charge is 0.496 e. The van der Waals surface area contributed by atoms with Crippen LogP contribution in [0.5, 0.6) is 11.5 Å². The molecule has 0 aliphatic carbocycles. The van der Waals surface area contributed by atoms with Gasteiger partial charge in [0, 0.05) is 49.4 Å². The van der Waals surface area contributed by atoms with Crippen molar-refractivity contribution in [1.82, 2.24) is 20.2 Å². The summed E-state index contributed by atoms with van der Waals surface area (Å²) >= 11 is 0. The zero-order valence-electron chi connectivity index (χ0n) is 23.3. The van der Waals surface area contributed by atoms with Crippen molar-refractivity contribution in [2.75, 3.05) is 51.8 Å². The molecule has 0 spiro atoms. The van der Waals surface area contributed by atoms with E-state index in [2.05, 4.69) is 45.4 Å². The molecule has 3 aromatic rings. The number of benzene rings is 2. The lowest BCUT2D eigenvalue weighted by Crippen LogP contribution is -2.34. The van der Waals surface area contributed by atoms with E-state index in [0.29, 0.717) is 59.7 Å². The van der Waals surface area contributed by atoms with E-state index in [-0.39, 0.29) is 12.0 Å². The van der Waals surface area contributed by atoms with Crippen molar-refractivity contribution >= 4 is 17.5 Å². The maximum atomic E-state index is 12.7. The predicted octanol–water partition coefficient (Wildman–Crippen LogP) is 4.40.